The monoisotopic (exact) mass is 251 g/mol. The van der Waals surface area contributed by atoms with Gasteiger partial charge in [0, 0.05) is 31.7 Å². The molecule has 0 aromatic heterocycles. The molecule has 0 saturated carbocycles. The van der Waals surface area contributed by atoms with E-state index in [1.165, 1.54) is 6.07 Å². The molecule has 1 N–H and O–H groups in total. The molecular formula is C14H22FN3. The summed E-state index contributed by atoms with van der Waals surface area (Å²) in [5, 5.41) is 3.21. The number of hydrogen-bond donors (Lipinski definition) is 1. The van der Waals surface area contributed by atoms with Crippen molar-refractivity contribution in [3.05, 3.63) is 30.1 Å². The number of para-hydroxylation sites is 1. The molecule has 0 spiro atoms. The predicted octanol–water partition coefficient (Wildman–Crippen LogP) is 1.55. The lowest BCUT2D eigenvalue weighted by Crippen LogP contribution is -2.59. The van der Waals surface area contributed by atoms with E-state index < -0.39 is 0 Å². The summed E-state index contributed by atoms with van der Waals surface area (Å²) in [6.07, 6.45) is 0. The SMILES string of the molecule is CNCC1CN(c2ccccc2F)CC(C)N1C. The van der Waals surface area contributed by atoms with Gasteiger partial charge in [0.25, 0.3) is 0 Å². The van der Waals surface area contributed by atoms with Gasteiger partial charge in [-0.05, 0) is 33.2 Å². The molecule has 100 valence electrons. The van der Waals surface area contributed by atoms with Crippen LogP contribution in [0.2, 0.25) is 0 Å². The number of hydrogen-bond acceptors (Lipinski definition) is 3. The van der Waals surface area contributed by atoms with Crippen molar-refractivity contribution in [1.82, 2.24) is 10.2 Å². The van der Waals surface area contributed by atoms with Crippen LogP contribution < -0.4 is 10.2 Å². The maximum atomic E-state index is 13.8. The smallest absolute Gasteiger partial charge is 0.146 e. The molecule has 0 amide bonds. The van der Waals surface area contributed by atoms with Crippen LogP contribution in [0.4, 0.5) is 10.1 Å². The van der Waals surface area contributed by atoms with E-state index in [0.29, 0.717) is 12.1 Å². The zero-order valence-corrected chi connectivity index (χ0v) is 11.4. The first-order chi connectivity index (χ1) is 8.63. The average molecular weight is 251 g/mol. The lowest BCUT2D eigenvalue weighted by atomic mass is 10.1. The topological polar surface area (TPSA) is 18.5 Å². The Morgan fingerprint density at radius 3 is 2.72 bits per heavy atom. The van der Waals surface area contributed by atoms with E-state index in [1.54, 1.807) is 6.07 Å². The van der Waals surface area contributed by atoms with Crippen LogP contribution in [0.5, 0.6) is 0 Å². The van der Waals surface area contributed by atoms with Crippen molar-refractivity contribution in [2.75, 3.05) is 38.6 Å². The molecule has 1 fully saturated rings. The highest BCUT2D eigenvalue weighted by Crippen LogP contribution is 2.23. The quantitative estimate of drug-likeness (QED) is 0.879. The molecule has 1 saturated heterocycles. The third-order valence-corrected chi connectivity index (χ3v) is 3.82. The highest BCUT2D eigenvalue weighted by Gasteiger charge is 2.29. The van der Waals surface area contributed by atoms with Crippen LogP contribution in [0, 0.1) is 5.82 Å². The zero-order valence-electron chi connectivity index (χ0n) is 11.4. The van der Waals surface area contributed by atoms with Crippen molar-refractivity contribution in [2.24, 2.45) is 0 Å². The van der Waals surface area contributed by atoms with Crippen LogP contribution in [-0.4, -0.2) is 50.7 Å². The number of anilines is 1. The van der Waals surface area contributed by atoms with Crippen LogP contribution in [-0.2, 0) is 0 Å². The average Bonchev–Trinajstić information content (AvgIpc) is 2.35. The molecule has 1 heterocycles. The number of halogens is 1. The summed E-state index contributed by atoms with van der Waals surface area (Å²) in [5.41, 5.74) is 0.721. The van der Waals surface area contributed by atoms with E-state index in [9.17, 15) is 4.39 Å². The Bertz CT molecular complexity index is 396. The van der Waals surface area contributed by atoms with Crippen molar-refractivity contribution < 1.29 is 4.39 Å². The van der Waals surface area contributed by atoms with Gasteiger partial charge < -0.3 is 10.2 Å². The lowest BCUT2D eigenvalue weighted by molar-refractivity contribution is 0.156. The Morgan fingerprint density at radius 2 is 2.06 bits per heavy atom. The van der Waals surface area contributed by atoms with Crippen molar-refractivity contribution in [3.63, 3.8) is 0 Å². The number of likely N-dealkylation sites (N-methyl/N-ethyl adjacent to an activating group) is 2. The van der Waals surface area contributed by atoms with Crippen molar-refractivity contribution in [2.45, 2.75) is 19.0 Å². The Morgan fingerprint density at radius 1 is 1.33 bits per heavy atom. The van der Waals surface area contributed by atoms with Gasteiger partial charge in [0.05, 0.1) is 5.69 Å². The maximum Gasteiger partial charge on any atom is 0.146 e. The predicted molar refractivity (Wildman–Crippen MR) is 73.6 cm³/mol. The van der Waals surface area contributed by atoms with Crippen molar-refractivity contribution in [3.8, 4) is 0 Å². The summed E-state index contributed by atoms with van der Waals surface area (Å²) in [6, 6.07) is 7.88. The van der Waals surface area contributed by atoms with E-state index in [0.717, 1.165) is 25.3 Å². The molecule has 1 aliphatic rings. The van der Waals surface area contributed by atoms with Gasteiger partial charge in [0.1, 0.15) is 5.82 Å². The molecule has 0 bridgehead atoms. The minimum absolute atomic E-state index is 0.127. The lowest BCUT2D eigenvalue weighted by Gasteiger charge is -2.44. The summed E-state index contributed by atoms with van der Waals surface area (Å²) in [6.45, 7) is 4.85. The van der Waals surface area contributed by atoms with E-state index in [-0.39, 0.29) is 5.82 Å². The van der Waals surface area contributed by atoms with Crippen molar-refractivity contribution in [1.29, 1.82) is 0 Å². The van der Waals surface area contributed by atoms with E-state index in [1.807, 2.05) is 19.2 Å². The second-order valence-electron chi connectivity index (χ2n) is 5.08. The van der Waals surface area contributed by atoms with E-state index >= 15 is 0 Å². The number of nitrogens with zero attached hydrogens (tertiary/aromatic N) is 2. The second-order valence-corrected chi connectivity index (χ2v) is 5.08. The fraction of sp³-hybridized carbons (Fsp3) is 0.571. The van der Waals surface area contributed by atoms with Gasteiger partial charge in [-0.15, -0.1) is 0 Å². The molecule has 4 heteroatoms. The maximum absolute atomic E-state index is 13.8. The van der Waals surface area contributed by atoms with Crippen LogP contribution in [0.15, 0.2) is 24.3 Å². The second kappa shape index (κ2) is 5.67. The van der Waals surface area contributed by atoms with Gasteiger partial charge in [-0.1, -0.05) is 12.1 Å². The largest absolute Gasteiger partial charge is 0.366 e. The molecule has 18 heavy (non-hydrogen) atoms. The van der Waals surface area contributed by atoms with Crippen LogP contribution in [0.1, 0.15) is 6.92 Å². The molecule has 2 unspecified atom stereocenters. The first-order valence-corrected chi connectivity index (χ1v) is 6.49. The van der Waals surface area contributed by atoms with E-state index in [2.05, 4.69) is 29.1 Å². The van der Waals surface area contributed by atoms with Gasteiger partial charge in [-0.3, -0.25) is 4.90 Å². The number of rotatable bonds is 3. The Balaban J connectivity index is 2.17. The molecule has 1 aliphatic heterocycles. The third-order valence-electron chi connectivity index (χ3n) is 3.82. The highest BCUT2D eigenvalue weighted by molar-refractivity contribution is 5.48. The van der Waals surface area contributed by atoms with Gasteiger partial charge in [-0.25, -0.2) is 4.39 Å². The first kappa shape index (κ1) is 13.3. The zero-order chi connectivity index (χ0) is 13.1. The molecule has 1 aromatic carbocycles. The van der Waals surface area contributed by atoms with Crippen LogP contribution in [0.3, 0.4) is 0 Å². The summed E-state index contributed by atoms with van der Waals surface area (Å²) < 4.78 is 13.8. The summed E-state index contributed by atoms with van der Waals surface area (Å²) in [5.74, 6) is -0.127. The Kier molecular flexibility index (Phi) is 4.19. The third kappa shape index (κ3) is 2.65. The number of nitrogens with one attached hydrogen (secondary N) is 1. The van der Waals surface area contributed by atoms with Gasteiger partial charge >= 0.3 is 0 Å². The molecule has 1 aromatic rings. The minimum Gasteiger partial charge on any atom is -0.366 e. The Labute approximate surface area is 109 Å². The fourth-order valence-corrected chi connectivity index (χ4v) is 2.61. The summed E-state index contributed by atoms with van der Waals surface area (Å²) >= 11 is 0. The van der Waals surface area contributed by atoms with Gasteiger partial charge in [0.2, 0.25) is 0 Å². The standard InChI is InChI=1S/C14H22FN3/c1-11-9-18(10-12(8-16-2)17(11)3)14-7-5-4-6-13(14)15/h4-7,11-12,16H,8-10H2,1-3H3. The summed E-state index contributed by atoms with van der Waals surface area (Å²) in [7, 11) is 4.10. The fourth-order valence-electron chi connectivity index (χ4n) is 2.61. The number of piperazine rings is 1. The normalized spacial score (nSPS) is 25.4. The summed E-state index contributed by atoms with van der Waals surface area (Å²) in [4.78, 5) is 4.52. The number of benzene rings is 1. The van der Waals surface area contributed by atoms with Crippen molar-refractivity contribution >= 4 is 5.69 Å². The molecular weight excluding hydrogens is 229 g/mol. The molecule has 2 rings (SSSR count). The first-order valence-electron chi connectivity index (χ1n) is 6.49. The van der Waals surface area contributed by atoms with E-state index in [4.69, 9.17) is 0 Å². The van der Waals surface area contributed by atoms with Gasteiger partial charge in [-0.2, -0.15) is 0 Å². The molecule has 3 nitrogen and oxygen atoms in total. The Hall–Kier alpha value is -1.13. The van der Waals surface area contributed by atoms with Gasteiger partial charge in [0.15, 0.2) is 0 Å². The molecule has 0 aliphatic carbocycles. The van der Waals surface area contributed by atoms with Crippen LogP contribution >= 0.6 is 0 Å². The highest BCUT2D eigenvalue weighted by atomic mass is 19.1. The molecule has 0 radical (unpaired) electrons. The molecule has 2 atom stereocenters. The van der Waals surface area contributed by atoms with Crippen LogP contribution in [0.25, 0.3) is 0 Å². The minimum atomic E-state index is -0.127.